The van der Waals surface area contributed by atoms with E-state index in [1.807, 2.05) is 6.92 Å². The molecule has 0 rings (SSSR count). The molecule has 0 unspecified atom stereocenters. The van der Waals surface area contributed by atoms with E-state index in [9.17, 15) is 4.79 Å². The summed E-state index contributed by atoms with van der Waals surface area (Å²) in [6, 6.07) is 0. The molecular weight excluding hydrogens is 160 g/mol. The zero-order valence-corrected chi connectivity index (χ0v) is 7.78. The van der Waals surface area contributed by atoms with Crippen LogP contribution < -0.4 is 0 Å². The molecule has 0 aliphatic carbocycles. The summed E-state index contributed by atoms with van der Waals surface area (Å²) in [6.07, 6.45) is -0.959. The Morgan fingerprint density at radius 3 is 2.42 bits per heavy atom. The van der Waals surface area contributed by atoms with Crippen molar-refractivity contribution in [3.05, 3.63) is 0 Å². The van der Waals surface area contributed by atoms with Gasteiger partial charge < -0.3 is 9.84 Å². The van der Waals surface area contributed by atoms with E-state index in [0.29, 0.717) is 19.8 Å². The minimum absolute atomic E-state index is 0.371. The lowest BCUT2D eigenvalue weighted by Gasteiger charge is -2.25. The van der Waals surface area contributed by atoms with E-state index in [1.165, 1.54) is 10.0 Å². The van der Waals surface area contributed by atoms with Crippen LogP contribution >= 0.6 is 0 Å². The summed E-state index contributed by atoms with van der Waals surface area (Å²) in [4.78, 5) is 10.6. The smallest absolute Gasteiger partial charge is 0.422 e. The number of nitrogens with zero attached hydrogens (tertiary/aromatic N) is 2. The maximum absolute atomic E-state index is 10.6. The molecule has 0 bridgehead atoms. The number of amides is 1. The summed E-state index contributed by atoms with van der Waals surface area (Å²) in [7, 11) is 3.36. The SMILES string of the molecule is CCOCCN(C(=O)O)N(C)C. The van der Waals surface area contributed by atoms with Gasteiger partial charge in [0.1, 0.15) is 0 Å². The van der Waals surface area contributed by atoms with Crippen molar-refractivity contribution in [3.63, 3.8) is 0 Å². The van der Waals surface area contributed by atoms with Crippen molar-refractivity contribution in [1.29, 1.82) is 0 Å². The molecule has 0 atom stereocenters. The molecule has 72 valence electrons. The number of carbonyl (C=O) groups is 1. The number of rotatable bonds is 5. The normalized spacial score (nSPS) is 10.3. The van der Waals surface area contributed by atoms with Gasteiger partial charge in [-0.2, -0.15) is 0 Å². The van der Waals surface area contributed by atoms with Crippen LogP contribution in [-0.2, 0) is 4.74 Å². The van der Waals surface area contributed by atoms with Gasteiger partial charge in [-0.3, -0.25) is 0 Å². The van der Waals surface area contributed by atoms with Crippen LogP contribution in [0.3, 0.4) is 0 Å². The standard InChI is InChI=1S/C7H16N2O3/c1-4-12-6-5-9(7(10)11)8(2)3/h4-6H2,1-3H3,(H,10,11). The molecule has 0 heterocycles. The first-order valence-electron chi connectivity index (χ1n) is 3.85. The lowest BCUT2D eigenvalue weighted by atomic mass is 10.6. The number of carboxylic acid groups (broad SMARTS) is 1. The van der Waals surface area contributed by atoms with Crippen molar-refractivity contribution >= 4 is 6.09 Å². The Hall–Kier alpha value is -0.810. The Balaban J connectivity index is 3.72. The van der Waals surface area contributed by atoms with Gasteiger partial charge in [-0.05, 0) is 6.92 Å². The highest BCUT2D eigenvalue weighted by atomic mass is 16.5. The van der Waals surface area contributed by atoms with Gasteiger partial charge in [0.2, 0.25) is 0 Å². The molecule has 0 saturated carbocycles. The van der Waals surface area contributed by atoms with Gasteiger partial charge in [-0.15, -0.1) is 0 Å². The van der Waals surface area contributed by atoms with Gasteiger partial charge in [0, 0.05) is 20.7 Å². The lowest BCUT2D eigenvalue weighted by Crippen LogP contribution is -2.42. The summed E-state index contributed by atoms with van der Waals surface area (Å²) >= 11 is 0. The quantitative estimate of drug-likeness (QED) is 0.489. The molecule has 0 fully saturated rings. The molecular formula is C7H16N2O3. The van der Waals surface area contributed by atoms with E-state index in [4.69, 9.17) is 9.84 Å². The second-order valence-electron chi connectivity index (χ2n) is 2.45. The molecule has 0 saturated heterocycles. The van der Waals surface area contributed by atoms with Crippen LogP contribution in [0.2, 0.25) is 0 Å². The fourth-order valence-corrected chi connectivity index (χ4v) is 0.762. The second-order valence-corrected chi connectivity index (χ2v) is 2.45. The first kappa shape index (κ1) is 11.2. The van der Waals surface area contributed by atoms with E-state index >= 15 is 0 Å². The van der Waals surface area contributed by atoms with Gasteiger partial charge in [-0.1, -0.05) is 0 Å². The van der Waals surface area contributed by atoms with E-state index in [0.717, 1.165) is 0 Å². The maximum Gasteiger partial charge on any atom is 0.422 e. The van der Waals surface area contributed by atoms with E-state index < -0.39 is 6.09 Å². The molecule has 0 aliphatic heterocycles. The molecule has 0 aromatic heterocycles. The van der Waals surface area contributed by atoms with E-state index in [1.54, 1.807) is 14.1 Å². The Morgan fingerprint density at radius 1 is 1.50 bits per heavy atom. The third kappa shape index (κ3) is 4.15. The summed E-state index contributed by atoms with van der Waals surface area (Å²) < 4.78 is 5.03. The Kier molecular flexibility index (Phi) is 5.40. The van der Waals surface area contributed by atoms with E-state index in [2.05, 4.69) is 0 Å². The first-order valence-corrected chi connectivity index (χ1v) is 3.85. The van der Waals surface area contributed by atoms with Crippen LogP contribution in [0.25, 0.3) is 0 Å². The molecule has 0 radical (unpaired) electrons. The minimum Gasteiger partial charge on any atom is -0.464 e. The fraction of sp³-hybridized carbons (Fsp3) is 0.857. The predicted octanol–water partition coefficient (Wildman–Crippen LogP) is 0.479. The van der Waals surface area contributed by atoms with Crippen molar-refractivity contribution in [2.24, 2.45) is 0 Å². The van der Waals surface area contributed by atoms with E-state index in [-0.39, 0.29) is 0 Å². The molecule has 0 aliphatic rings. The average molecular weight is 176 g/mol. The van der Waals surface area contributed by atoms with Crippen molar-refractivity contribution in [2.45, 2.75) is 6.92 Å². The Bertz CT molecular complexity index is 139. The van der Waals surface area contributed by atoms with Gasteiger partial charge in [0.05, 0.1) is 13.2 Å². The van der Waals surface area contributed by atoms with Crippen LogP contribution in [0.1, 0.15) is 6.92 Å². The lowest BCUT2D eigenvalue weighted by molar-refractivity contribution is 0.00805. The largest absolute Gasteiger partial charge is 0.464 e. The fourth-order valence-electron chi connectivity index (χ4n) is 0.762. The molecule has 1 N–H and O–H groups in total. The van der Waals surface area contributed by atoms with Crippen LogP contribution in [0, 0.1) is 0 Å². The first-order chi connectivity index (χ1) is 5.59. The molecule has 0 aromatic carbocycles. The predicted molar refractivity (Wildman–Crippen MR) is 44.9 cm³/mol. The maximum atomic E-state index is 10.6. The molecule has 1 amide bonds. The minimum atomic E-state index is -0.959. The highest BCUT2D eigenvalue weighted by molar-refractivity contribution is 5.64. The third-order valence-electron chi connectivity index (χ3n) is 1.36. The molecule has 0 aromatic rings. The number of ether oxygens (including phenoxy) is 1. The van der Waals surface area contributed by atoms with Crippen LogP contribution in [0.4, 0.5) is 4.79 Å². The van der Waals surface area contributed by atoms with Gasteiger partial charge >= 0.3 is 6.09 Å². The number of hydrazine groups is 1. The van der Waals surface area contributed by atoms with Crippen molar-refractivity contribution in [2.75, 3.05) is 33.9 Å². The summed E-state index contributed by atoms with van der Waals surface area (Å²) in [5, 5.41) is 11.4. The van der Waals surface area contributed by atoms with Crippen molar-refractivity contribution in [3.8, 4) is 0 Å². The summed E-state index contributed by atoms with van der Waals surface area (Å²) in [6.45, 7) is 3.29. The highest BCUT2D eigenvalue weighted by Gasteiger charge is 2.12. The molecule has 5 heteroatoms. The Labute approximate surface area is 72.5 Å². The number of hydrogen-bond acceptors (Lipinski definition) is 3. The Morgan fingerprint density at radius 2 is 2.08 bits per heavy atom. The highest BCUT2D eigenvalue weighted by Crippen LogP contribution is 1.92. The summed E-state index contributed by atoms with van der Waals surface area (Å²) in [5.41, 5.74) is 0. The monoisotopic (exact) mass is 176 g/mol. The van der Waals surface area contributed by atoms with Gasteiger partial charge in [-0.25, -0.2) is 14.8 Å². The molecule has 0 spiro atoms. The summed E-state index contributed by atoms with van der Waals surface area (Å²) in [5.74, 6) is 0. The third-order valence-corrected chi connectivity index (χ3v) is 1.36. The second kappa shape index (κ2) is 5.79. The number of hydrogen-bond donors (Lipinski definition) is 1. The molecule has 5 nitrogen and oxygen atoms in total. The zero-order valence-electron chi connectivity index (χ0n) is 7.78. The van der Waals surface area contributed by atoms with Crippen LogP contribution in [0.15, 0.2) is 0 Å². The van der Waals surface area contributed by atoms with Crippen molar-refractivity contribution < 1.29 is 14.6 Å². The van der Waals surface area contributed by atoms with Crippen LogP contribution in [0.5, 0.6) is 0 Å². The van der Waals surface area contributed by atoms with Gasteiger partial charge in [0.25, 0.3) is 0 Å². The van der Waals surface area contributed by atoms with Crippen molar-refractivity contribution in [1.82, 2.24) is 10.0 Å². The zero-order chi connectivity index (χ0) is 9.56. The molecule has 12 heavy (non-hydrogen) atoms. The average Bonchev–Trinajstić information content (AvgIpc) is 1.96. The topological polar surface area (TPSA) is 53.0 Å². The van der Waals surface area contributed by atoms with Gasteiger partial charge in [0.15, 0.2) is 0 Å². The van der Waals surface area contributed by atoms with Crippen LogP contribution in [-0.4, -0.2) is 55.1 Å².